The summed E-state index contributed by atoms with van der Waals surface area (Å²) in [5.74, 6) is -0.729. The smallest absolute Gasteiger partial charge is 0.310 e. The molecule has 3 heterocycles. The molecule has 1 aliphatic carbocycles. The molecular formula is C15H20N3O4P. The Balaban J connectivity index is 0.000000227. The molecule has 0 bridgehead atoms. The Morgan fingerprint density at radius 1 is 1.04 bits per heavy atom. The van der Waals surface area contributed by atoms with Gasteiger partial charge in [0.25, 0.3) is 0 Å². The molecule has 3 fully saturated rings. The number of carboxylic acid groups (broad SMARTS) is 1. The van der Waals surface area contributed by atoms with Crippen molar-refractivity contribution in [3.05, 3.63) is 23.2 Å². The second kappa shape index (κ2) is 5.96. The molecule has 0 saturated carbocycles. The quantitative estimate of drug-likeness (QED) is 0.421. The Kier molecular flexibility index (Phi) is 4.15. The van der Waals surface area contributed by atoms with Crippen LogP contribution >= 0.6 is 9.24 Å². The molecule has 7 nitrogen and oxygen atoms in total. The van der Waals surface area contributed by atoms with E-state index in [1.165, 1.54) is 6.08 Å². The second-order valence-electron chi connectivity index (χ2n) is 6.01. The summed E-state index contributed by atoms with van der Waals surface area (Å²) in [6.07, 6.45) is 1.52. The first-order chi connectivity index (χ1) is 10.9. The fourth-order valence-corrected chi connectivity index (χ4v) is 2.28. The van der Waals surface area contributed by atoms with Gasteiger partial charge in [-0.1, -0.05) is 0 Å². The van der Waals surface area contributed by atoms with Crippen LogP contribution in [0.15, 0.2) is 23.2 Å². The number of allylic oxidation sites excluding steroid dienone is 1. The average Bonchev–Trinajstić information content (AvgIpc) is 3.36. The van der Waals surface area contributed by atoms with Crippen LogP contribution in [-0.2, 0) is 14.4 Å². The van der Waals surface area contributed by atoms with Gasteiger partial charge in [-0.3, -0.25) is 14.4 Å². The minimum atomic E-state index is -0.778. The topological polar surface area (TPSA) is 80.5 Å². The van der Waals surface area contributed by atoms with E-state index < -0.39 is 5.97 Å². The van der Waals surface area contributed by atoms with Crippen LogP contribution in [0.2, 0.25) is 0 Å². The summed E-state index contributed by atoms with van der Waals surface area (Å²) in [6.45, 7) is 7.01. The van der Waals surface area contributed by atoms with E-state index in [4.69, 9.17) is 5.11 Å². The van der Waals surface area contributed by atoms with E-state index in [1.807, 2.05) is 14.7 Å². The van der Waals surface area contributed by atoms with Crippen LogP contribution in [0.3, 0.4) is 0 Å². The number of rotatable bonds is 4. The van der Waals surface area contributed by atoms with Crippen LogP contribution in [0.1, 0.15) is 6.92 Å². The molecule has 0 aromatic heterocycles. The molecule has 4 aliphatic rings. The van der Waals surface area contributed by atoms with Gasteiger partial charge in [-0.15, -0.1) is 9.24 Å². The average molecular weight is 337 g/mol. The summed E-state index contributed by atoms with van der Waals surface area (Å²) in [5.41, 5.74) is 1.57. The lowest BCUT2D eigenvalue weighted by Gasteiger charge is -2.21. The van der Waals surface area contributed by atoms with E-state index in [0.29, 0.717) is 17.1 Å². The highest BCUT2D eigenvalue weighted by Gasteiger charge is 2.43. The van der Waals surface area contributed by atoms with Crippen LogP contribution in [0, 0.1) is 0 Å². The van der Waals surface area contributed by atoms with Crippen molar-refractivity contribution >= 4 is 26.8 Å². The number of nitrogens with zero attached hydrogens (tertiary/aromatic N) is 3. The fourth-order valence-electron chi connectivity index (χ4n) is 2.28. The molecule has 1 N–H and O–H groups in total. The number of carboxylic acids is 1. The highest BCUT2D eigenvalue weighted by atomic mass is 31.0. The zero-order valence-electron chi connectivity index (χ0n) is 13.0. The maximum absolute atomic E-state index is 12.4. The third kappa shape index (κ3) is 3.55. The monoisotopic (exact) mass is 337 g/mol. The minimum Gasteiger partial charge on any atom is -0.481 e. The van der Waals surface area contributed by atoms with E-state index >= 15 is 0 Å². The van der Waals surface area contributed by atoms with Crippen molar-refractivity contribution in [2.45, 2.75) is 12.6 Å². The fraction of sp³-hybridized carbons (Fsp3) is 0.533. The Morgan fingerprint density at radius 3 is 1.87 bits per heavy atom. The molecule has 3 saturated heterocycles. The zero-order valence-corrected chi connectivity index (χ0v) is 14.1. The molecule has 0 amide bonds. The van der Waals surface area contributed by atoms with Gasteiger partial charge < -0.3 is 19.8 Å². The third-order valence-electron chi connectivity index (χ3n) is 3.88. The minimum absolute atomic E-state index is 0.00546. The molecule has 0 spiro atoms. The molecule has 23 heavy (non-hydrogen) atoms. The highest BCUT2D eigenvalue weighted by molar-refractivity contribution is 7.19. The number of aliphatic carboxylic acids is 1. The van der Waals surface area contributed by atoms with Gasteiger partial charge in [0.15, 0.2) is 0 Å². The summed E-state index contributed by atoms with van der Waals surface area (Å²) >= 11 is 0. The number of hydrogen-bond donors (Lipinski definition) is 1. The maximum atomic E-state index is 12.4. The molecule has 4 rings (SSSR count). The predicted molar refractivity (Wildman–Crippen MR) is 86.6 cm³/mol. The number of hydrogen-bond acceptors (Lipinski definition) is 6. The molecule has 2 atom stereocenters. The predicted octanol–water partition coefficient (Wildman–Crippen LogP) is -0.485. The summed E-state index contributed by atoms with van der Waals surface area (Å²) < 4.78 is 0. The van der Waals surface area contributed by atoms with Gasteiger partial charge in [-0.2, -0.15) is 0 Å². The lowest BCUT2D eigenvalue weighted by Crippen LogP contribution is -2.29. The summed E-state index contributed by atoms with van der Waals surface area (Å²) in [7, 11) is 2.17. The van der Waals surface area contributed by atoms with Crippen LogP contribution in [0.4, 0.5) is 0 Å². The molecule has 0 aromatic rings. The maximum Gasteiger partial charge on any atom is 0.310 e. The van der Waals surface area contributed by atoms with E-state index in [2.05, 4.69) is 9.24 Å². The number of carbonyl (C=O) groups is 3. The molecule has 0 radical (unpaired) electrons. The van der Waals surface area contributed by atoms with Crippen LogP contribution < -0.4 is 0 Å². The number of ketones is 2. The summed E-state index contributed by atoms with van der Waals surface area (Å²) in [6, 6.07) is 0. The Hall–Kier alpha value is -1.88. The van der Waals surface area contributed by atoms with Gasteiger partial charge in [0.05, 0.1) is 11.4 Å². The van der Waals surface area contributed by atoms with Crippen molar-refractivity contribution in [1.29, 1.82) is 0 Å². The molecule has 0 aromatic carbocycles. The third-order valence-corrected chi connectivity index (χ3v) is 4.16. The van der Waals surface area contributed by atoms with Crippen LogP contribution in [0.25, 0.3) is 0 Å². The normalized spacial score (nSPS) is 23.2. The van der Waals surface area contributed by atoms with Gasteiger partial charge in [-0.05, 0) is 6.92 Å². The second-order valence-corrected chi connectivity index (χ2v) is 7.01. The van der Waals surface area contributed by atoms with Gasteiger partial charge in [0, 0.05) is 45.3 Å². The van der Waals surface area contributed by atoms with Crippen molar-refractivity contribution in [3.63, 3.8) is 0 Å². The largest absolute Gasteiger partial charge is 0.481 e. The van der Waals surface area contributed by atoms with E-state index in [9.17, 15) is 14.4 Å². The van der Waals surface area contributed by atoms with E-state index in [0.717, 1.165) is 39.3 Å². The van der Waals surface area contributed by atoms with Crippen molar-refractivity contribution < 1.29 is 19.5 Å². The first-order valence-corrected chi connectivity index (χ1v) is 8.35. The SMILES string of the molecule is CC(P)C(=O)O.O=C1C=C(N2CC2)C(=O)C(N2CC2)=C1N1CC1. The number of carbonyl (C=O) groups excluding carboxylic acids is 2. The van der Waals surface area contributed by atoms with Crippen molar-refractivity contribution in [3.8, 4) is 0 Å². The van der Waals surface area contributed by atoms with Gasteiger partial charge in [-0.25, -0.2) is 0 Å². The first-order valence-electron chi connectivity index (χ1n) is 7.68. The number of Topliss-reactive ketones (excluding diaryl/α,β-unsaturated/α-hetero) is 1. The highest BCUT2D eigenvalue weighted by Crippen LogP contribution is 2.33. The van der Waals surface area contributed by atoms with Crippen LogP contribution in [-0.4, -0.2) is 82.3 Å². The molecular weight excluding hydrogens is 317 g/mol. The standard InChI is InChI=1S/C12H13N3O2.C3H7O2P/c16-9-7-8(13-1-2-13)12(17)11(15-5-6-15)10(9)14-3-4-14;1-2(6)3(4)5/h7H,1-6H2;2H,6H2,1H3,(H,4,5). The molecule has 2 unspecified atom stereocenters. The van der Waals surface area contributed by atoms with Crippen molar-refractivity contribution in [1.82, 2.24) is 14.7 Å². The summed E-state index contributed by atoms with van der Waals surface area (Å²) in [4.78, 5) is 40.1. The first kappa shape index (κ1) is 16.0. The van der Waals surface area contributed by atoms with E-state index in [-0.39, 0.29) is 17.2 Å². The lowest BCUT2D eigenvalue weighted by atomic mass is 10.0. The van der Waals surface area contributed by atoms with Gasteiger partial charge in [0.2, 0.25) is 11.6 Å². The Bertz CT molecular complexity index is 629. The lowest BCUT2D eigenvalue weighted by molar-refractivity contribution is -0.136. The van der Waals surface area contributed by atoms with E-state index in [1.54, 1.807) is 6.92 Å². The Labute approximate surface area is 136 Å². The van der Waals surface area contributed by atoms with Gasteiger partial charge >= 0.3 is 5.97 Å². The molecule has 3 aliphatic heterocycles. The van der Waals surface area contributed by atoms with Crippen molar-refractivity contribution in [2.75, 3.05) is 39.3 Å². The van der Waals surface area contributed by atoms with Gasteiger partial charge in [0.1, 0.15) is 11.4 Å². The summed E-state index contributed by atoms with van der Waals surface area (Å²) in [5, 5.41) is 7.97. The molecule has 124 valence electrons. The Morgan fingerprint density at radius 2 is 1.48 bits per heavy atom. The zero-order chi connectivity index (χ0) is 16.7. The van der Waals surface area contributed by atoms with Crippen LogP contribution in [0.5, 0.6) is 0 Å². The van der Waals surface area contributed by atoms with Crippen molar-refractivity contribution in [2.24, 2.45) is 0 Å². The molecule has 8 heteroatoms.